The molecule has 0 saturated carbocycles. The van der Waals surface area contributed by atoms with E-state index in [0.29, 0.717) is 5.25 Å². The molecule has 0 aliphatic heterocycles. The first-order valence-corrected chi connectivity index (χ1v) is 7.16. The minimum atomic E-state index is 0.663. The Bertz CT molecular complexity index is 514. The fraction of sp³-hybridized carbons (Fsp3) is 0.429. The molecular weight excluding hydrogens is 228 g/mol. The van der Waals surface area contributed by atoms with Crippen molar-refractivity contribution in [1.29, 1.82) is 0 Å². The van der Waals surface area contributed by atoms with Crippen LogP contribution in [0.15, 0.2) is 24.3 Å². The molecule has 0 spiro atoms. The van der Waals surface area contributed by atoms with Gasteiger partial charge in [0.1, 0.15) is 0 Å². The van der Waals surface area contributed by atoms with Crippen molar-refractivity contribution >= 4 is 28.4 Å². The Labute approximate surface area is 107 Å². The van der Waals surface area contributed by atoms with E-state index in [1.54, 1.807) is 0 Å². The smallest absolute Gasteiger partial charge is 0.0716 e. The first-order valence-electron chi connectivity index (χ1n) is 6.11. The molecule has 0 aliphatic carbocycles. The number of nitrogens with two attached hydrogens (primary N) is 1. The lowest BCUT2D eigenvalue weighted by Crippen LogP contribution is -2.02. The van der Waals surface area contributed by atoms with Crippen LogP contribution >= 0.6 is 11.8 Å². The van der Waals surface area contributed by atoms with E-state index >= 15 is 0 Å². The molecule has 17 heavy (non-hydrogen) atoms. The van der Waals surface area contributed by atoms with Gasteiger partial charge >= 0.3 is 0 Å². The molecule has 0 fully saturated rings. The highest BCUT2D eigenvalue weighted by Crippen LogP contribution is 2.28. The maximum atomic E-state index is 6.07. The van der Waals surface area contributed by atoms with Gasteiger partial charge < -0.3 is 10.3 Å². The van der Waals surface area contributed by atoms with Gasteiger partial charge in [-0.2, -0.15) is 11.8 Å². The molecule has 1 heterocycles. The van der Waals surface area contributed by atoms with E-state index in [2.05, 4.69) is 37.5 Å². The maximum absolute atomic E-state index is 6.07. The van der Waals surface area contributed by atoms with Crippen molar-refractivity contribution < 1.29 is 0 Å². The number of aryl methyl sites for hydroxylation is 1. The Balaban J connectivity index is 2.45. The van der Waals surface area contributed by atoms with Gasteiger partial charge in [-0.1, -0.05) is 26.0 Å². The maximum Gasteiger partial charge on any atom is 0.0716 e. The van der Waals surface area contributed by atoms with Gasteiger partial charge in [-0.3, -0.25) is 0 Å². The molecule has 92 valence electrons. The SMILES string of the molecule is CCn1c(CSC(C)C)cc2cccc(N)c21. The molecule has 2 rings (SSSR count). The minimum Gasteiger partial charge on any atom is -0.397 e. The van der Waals surface area contributed by atoms with Crippen molar-refractivity contribution in [3.63, 3.8) is 0 Å². The normalized spacial score (nSPS) is 11.5. The average Bonchev–Trinajstić information content (AvgIpc) is 2.65. The van der Waals surface area contributed by atoms with E-state index in [0.717, 1.165) is 18.0 Å². The Morgan fingerprint density at radius 3 is 2.76 bits per heavy atom. The molecule has 0 radical (unpaired) electrons. The minimum absolute atomic E-state index is 0.663. The highest BCUT2D eigenvalue weighted by molar-refractivity contribution is 7.99. The summed E-state index contributed by atoms with van der Waals surface area (Å²) in [6.07, 6.45) is 0. The predicted molar refractivity (Wildman–Crippen MR) is 78.5 cm³/mol. The third kappa shape index (κ3) is 2.44. The second-order valence-corrected chi connectivity index (χ2v) is 6.09. The highest BCUT2D eigenvalue weighted by atomic mass is 32.2. The lowest BCUT2D eigenvalue weighted by molar-refractivity contribution is 0.766. The van der Waals surface area contributed by atoms with Gasteiger partial charge in [-0.05, 0) is 24.3 Å². The number of thioether (sulfide) groups is 1. The zero-order chi connectivity index (χ0) is 12.4. The summed E-state index contributed by atoms with van der Waals surface area (Å²) >= 11 is 1.97. The number of hydrogen-bond acceptors (Lipinski definition) is 2. The van der Waals surface area contributed by atoms with Crippen molar-refractivity contribution in [1.82, 2.24) is 4.57 Å². The number of anilines is 1. The Morgan fingerprint density at radius 2 is 2.12 bits per heavy atom. The number of fused-ring (bicyclic) bond motifs is 1. The summed E-state index contributed by atoms with van der Waals surface area (Å²) in [6, 6.07) is 8.41. The van der Waals surface area contributed by atoms with Gasteiger partial charge in [0, 0.05) is 23.4 Å². The second kappa shape index (κ2) is 5.05. The number of para-hydroxylation sites is 1. The van der Waals surface area contributed by atoms with Crippen molar-refractivity contribution in [2.24, 2.45) is 0 Å². The fourth-order valence-corrected chi connectivity index (χ4v) is 2.89. The number of rotatable bonds is 4. The predicted octanol–water partition coefficient (Wildman–Crippen LogP) is 3.89. The lowest BCUT2D eigenvalue weighted by atomic mass is 10.2. The summed E-state index contributed by atoms with van der Waals surface area (Å²) < 4.78 is 2.33. The fourth-order valence-electron chi connectivity index (χ4n) is 2.14. The average molecular weight is 248 g/mol. The van der Waals surface area contributed by atoms with Crippen LogP contribution in [-0.4, -0.2) is 9.82 Å². The molecular formula is C14H20N2S. The van der Waals surface area contributed by atoms with Gasteiger partial charge in [0.2, 0.25) is 0 Å². The monoisotopic (exact) mass is 248 g/mol. The first-order chi connectivity index (χ1) is 8.13. The molecule has 1 aromatic heterocycles. The molecule has 0 atom stereocenters. The van der Waals surface area contributed by atoms with Crippen LogP contribution in [0.2, 0.25) is 0 Å². The third-order valence-electron chi connectivity index (χ3n) is 2.92. The van der Waals surface area contributed by atoms with Crippen LogP contribution < -0.4 is 5.73 Å². The zero-order valence-electron chi connectivity index (χ0n) is 10.7. The molecule has 2 nitrogen and oxygen atoms in total. The molecule has 0 saturated heterocycles. The van der Waals surface area contributed by atoms with Gasteiger partial charge in [-0.25, -0.2) is 0 Å². The van der Waals surface area contributed by atoms with Gasteiger partial charge in [-0.15, -0.1) is 0 Å². The van der Waals surface area contributed by atoms with Gasteiger partial charge in [0.25, 0.3) is 0 Å². The lowest BCUT2D eigenvalue weighted by Gasteiger charge is -2.10. The largest absolute Gasteiger partial charge is 0.397 e. The van der Waals surface area contributed by atoms with Crippen LogP contribution in [0, 0.1) is 0 Å². The molecule has 0 aliphatic rings. The summed E-state index contributed by atoms with van der Waals surface area (Å²) in [7, 11) is 0. The Morgan fingerprint density at radius 1 is 1.35 bits per heavy atom. The molecule has 0 unspecified atom stereocenters. The number of nitrogen functional groups attached to an aromatic ring is 1. The Kier molecular flexibility index (Phi) is 3.67. The number of aromatic nitrogens is 1. The molecule has 2 N–H and O–H groups in total. The topological polar surface area (TPSA) is 30.9 Å². The molecule has 0 bridgehead atoms. The molecule has 2 aromatic rings. The third-order valence-corrected chi connectivity index (χ3v) is 4.05. The first kappa shape index (κ1) is 12.4. The molecule has 1 aromatic carbocycles. The van der Waals surface area contributed by atoms with E-state index in [4.69, 9.17) is 5.73 Å². The van der Waals surface area contributed by atoms with Crippen LogP contribution in [0.25, 0.3) is 10.9 Å². The highest BCUT2D eigenvalue weighted by Gasteiger charge is 2.10. The van der Waals surface area contributed by atoms with E-state index in [1.807, 2.05) is 23.9 Å². The van der Waals surface area contributed by atoms with Crippen LogP contribution in [0.4, 0.5) is 5.69 Å². The van der Waals surface area contributed by atoms with E-state index < -0.39 is 0 Å². The number of benzene rings is 1. The number of hydrogen-bond donors (Lipinski definition) is 1. The van der Waals surface area contributed by atoms with Crippen LogP contribution in [-0.2, 0) is 12.3 Å². The summed E-state index contributed by atoms with van der Waals surface area (Å²) in [5.74, 6) is 1.06. The van der Waals surface area contributed by atoms with Gasteiger partial charge in [0.05, 0.1) is 11.2 Å². The van der Waals surface area contributed by atoms with E-state index in [-0.39, 0.29) is 0 Å². The van der Waals surface area contributed by atoms with Crippen LogP contribution in [0.1, 0.15) is 26.5 Å². The summed E-state index contributed by atoms with van der Waals surface area (Å²) in [5.41, 5.74) is 9.52. The van der Waals surface area contributed by atoms with Crippen molar-refractivity contribution in [2.75, 3.05) is 5.73 Å². The summed E-state index contributed by atoms with van der Waals surface area (Å²) in [6.45, 7) is 7.62. The van der Waals surface area contributed by atoms with Crippen LogP contribution in [0.3, 0.4) is 0 Å². The Hall–Kier alpha value is -1.09. The van der Waals surface area contributed by atoms with Crippen molar-refractivity contribution in [2.45, 2.75) is 38.3 Å². The summed E-state index contributed by atoms with van der Waals surface area (Å²) in [5, 5.41) is 1.92. The van der Waals surface area contributed by atoms with Crippen molar-refractivity contribution in [3.05, 3.63) is 30.0 Å². The van der Waals surface area contributed by atoms with Crippen molar-refractivity contribution in [3.8, 4) is 0 Å². The second-order valence-electron chi connectivity index (χ2n) is 4.52. The number of nitrogens with zero attached hydrogens (tertiary/aromatic N) is 1. The standard InChI is InChI=1S/C14H20N2S/c1-4-16-12(9-17-10(2)3)8-11-6-5-7-13(15)14(11)16/h5-8,10H,4,9,15H2,1-3H3. The summed E-state index contributed by atoms with van der Waals surface area (Å²) in [4.78, 5) is 0. The zero-order valence-corrected chi connectivity index (χ0v) is 11.6. The van der Waals surface area contributed by atoms with E-state index in [9.17, 15) is 0 Å². The quantitative estimate of drug-likeness (QED) is 0.832. The van der Waals surface area contributed by atoms with Gasteiger partial charge in [0.15, 0.2) is 0 Å². The molecule has 0 amide bonds. The van der Waals surface area contributed by atoms with E-state index in [1.165, 1.54) is 16.6 Å². The molecule has 3 heteroatoms. The van der Waals surface area contributed by atoms with Crippen LogP contribution in [0.5, 0.6) is 0 Å².